The van der Waals surface area contributed by atoms with Gasteiger partial charge in [-0.05, 0) is 121 Å². The number of phenolic OH excluding ortho intramolecular Hbond substituents is 6. The molecule has 0 heterocycles. The van der Waals surface area contributed by atoms with E-state index in [1.807, 2.05) is 0 Å². The Labute approximate surface area is 504 Å². The molecule has 0 radical (unpaired) electrons. The van der Waals surface area contributed by atoms with Crippen LogP contribution in [0.5, 0.6) is 34.5 Å². The number of rotatable bonds is 49. The molecule has 0 spiro atoms. The van der Waals surface area contributed by atoms with Gasteiger partial charge in [0.15, 0.2) is 34.5 Å². The van der Waals surface area contributed by atoms with Crippen molar-refractivity contribution in [2.45, 2.75) is 290 Å². The van der Waals surface area contributed by atoms with E-state index in [9.17, 15) is 59.7 Å². The van der Waals surface area contributed by atoms with Gasteiger partial charge in [0.2, 0.25) is 5.66 Å². The maximum atomic E-state index is 13.0. The van der Waals surface area contributed by atoms with E-state index >= 15 is 0 Å². The van der Waals surface area contributed by atoms with Crippen LogP contribution in [0.1, 0.15) is 305 Å². The number of carbonyl (C=O) groups excluding carboxylic acids is 2. The first-order valence-corrected chi connectivity index (χ1v) is 32.2. The van der Waals surface area contributed by atoms with Crippen molar-refractivity contribution in [3.05, 3.63) is 71.8 Å². The normalized spacial score (nSPS) is 11.4. The van der Waals surface area contributed by atoms with Gasteiger partial charge in [0.25, 0.3) is 11.8 Å². The van der Waals surface area contributed by atoms with Crippen molar-refractivity contribution in [3.63, 3.8) is 0 Å². The van der Waals surface area contributed by atoms with Crippen LogP contribution >= 0.6 is 0 Å². The van der Waals surface area contributed by atoms with Gasteiger partial charge in [-0.1, -0.05) is 205 Å². The number of aromatic hydroxyl groups is 6. The molecule has 0 aliphatic rings. The minimum Gasteiger partial charge on any atom is -0.504 e. The van der Waals surface area contributed by atoms with Crippen molar-refractivity contribution < 1.29 is 69.9 Å². The van der Waals surface area contributed by atoms with Gasteiger partial charge in [-0.3, -0.25) is 19.2 Å². The number of hydrogen-bond acceptors (Lipinski definition) is 11. The van der Waals surface area contributed by atoms with Gasteiger partial charge in [0.05, 0.1) is 0 Å². The van der Waals surface area contributed by atoms with E-state index in [2.05, 4.69) is 67.9 Å². The summed E-state index contributed by atoms with van der Waals surface area (Å²) in [5.74, 6) is -10.2. The zero-order valence-electron chi connectivity index (χ0n) is 51.8. The quantitative estimate of drug-likeness (QED) is 0.0127. The second-order valence-corrected chi connectivity index (χ2v) is 22.3. The van der Waals surface area contributed by atoms with Gasteiger partial charge >= 0.3 is 17.9 Å². The highest BCUT2D eigenvalue weighted by Crippen LogP contribution is 2.37. The molecule has 2 amide bonds. The van der Waals surface area contributed by atoms with Crippen LogP contribution in [0.4, 0.5) is 0 Å². The molecule has 0 aromatic heterocycles. The molecule has 84 heavy (non-hydrogen) atoms. The zero-order valence-corrected chi connectivity index (χ0v) is 51.8. The predicted octanol–water partition coefficient (Wildman–Crippen LogP) is 17.7. The lowest BCUT2D eigenvalue weighted by atomic mass is 9.98. The highest BCUT2D eigenvalue weighted by Gasteiger charge is 2.42. The summed E-state index contributed by atoms with van der Waals surface area (Å²) in [5.41, 5.74) is -3.19. The fraction of sp³-hybridized carbons (Fsp3) is 0.662. The van der Waals surface area contributed by atoms with Gasteiger partial charge in [-0.2, -0.15) is 0 Å². The number of carbonyl (C=O) groups is 5. The number of unbranched alkanes of at least 4 members (excludes halogenated alkanes) is 32. The second kappa shape index (κ2) is 52.4. The summed E-state index contributed by atoms with van der Waals surface area (Å²) in [7, 11) is 0. The van der Waals surface area contributed by atoms with Crippen LogP contribution in [0, 0.1) is 0 Å². The molecule has 2 rings (SSSR count). The van der Waals surface area contributed by atoms with Crippen LogP contribution in [0.15, 0.2) is 60.7 Å². The summed E-state index contributed by atoms with van der Waals surface area (Å²) < 4.78 is 0. The molecular weight excluding hydrogens is 1070 g/mol. The number of hydrogen-bond donors (Lipinski definition) is 11. The Morgan fingerprint density at radius 2 is 0.571 bits per heavy atom. The molecule has 0 saturated heterocycles. The van der Waals surface area contributed by atoms with Gasteiger partial charge in [0.1, 0.15) is 0 Å². The summed E-state index contributed by atoms with van der Waals surface area (Å²) in [6.45, 7) is 6.71. The standard InChI is InChI=1S/C32H44N2O10.2C18H34O2/c1-2-3-4-5-6-7-8-9-10-11-12-13-14-15-16-32(31(43)44,33-29(41)21-17-23(35)27(39)24(36)18-21)34-30(42)22-19-25(37)28(40)26(38)20-22;2*1-2-3-4-5-6-7-8-9-10-11-12-13-14-15-16-17-18(19)20/h9-10,17-20,35-40H,2-8,11-16H2,1H3,(H,33,41)(H,34,42)(H,43,44);2*9-10H,2-8,11-17H2,1H3,(H,19,20)/b3*10-9-. The molecule has 11 N–H and O–H groups in total. The number of carboxylic acids is 3. The average Bonchev–Trinajstić information content (AvgIpc) is 3.61. The maximum Gasteiger partial charge on any atom is 0.350 e. The number of allylic oxidation sites excluding steroid dienone is 6. The molecule has 478 valence electrons. The lowest BCUT2D eigenvalue weighted by Crippen LogP contribution is -2.65. The van der Waals surface area contributed by atoms with Crippen LogP contribution in [0.3, 0.4) is 0 Å². The molecule has 2 aromatic carbocycles. The number of carboxylic acid groups (broad SMARTS) is 3. The second-order valence-electron chi connectivity index (χ2n) is 22.3. The fourth-order valence-electron chi connectivity index (χ4n) is 9.35. The van der Waals surface area contributed by atoms with Gasteiger partial charge in [0, 0.05) is 30.4 Å². The number of benzene rings is 2. The van der Waals surface area contributed by atoms with Crippen LogP contribution in [0.25, 0.3) is 0 Å². The minimum atomic E-state index is -2.39. The molecule has 0 aliphatic heterocycles. The van der Waals surface area contributed by atoms with Crippen molar-refractivity contribution >= 4 is 29.7 Å². The van der Waals surface area contributed by atoms with Crippen molar-refractivity contribution in [1.29, 1.82) is 0 Å². The van der Waals surface area contributed by atoms with E-state index in [-0.39, 0.29) is 12.8 Å². The Hall–Kier alpha value is -6.19. The smallest absolute Gasteiger partial charge is 0.350 e. The van der Waals surface area contributed by atoms with Crippen molar-refractivity contribution in [1.82, 2.24) is 10.6 Å². The Balaban J connectivity index is 0.00000143. The van der Waals surface area contributed by atoms with E-state index in [0.717, 1.165) is 75.6 Å². The van der Waals surface area contributed by atoms with E-state index in [0.29, 0.717) is 19.3 Å². The summed E-state index contributed by atoms with van der Waals surface area (Å²) in [6.07, 6.45) is 58.4. The largest absolute Gasteiger partial charge is 0.504 e. The zero-order chi connectivity index (χ0) is 62.5. The molecule has 0 fully saturated rings. The number of amides is 2. The van der Waals surface area contributed by atoms with E-state index in [1.165, 1.54) is 180 Å². The average molecular weight is 1180 g/mol. The third-order valence-corrected chi connectivity index (χ3v) is 14.6. The first-order valence-electron chi connectivity index (χ1n) is 32.2. The van der Waals surface area contributed by atoms with Gasteiger partial charge in [-0.15, -0.1) is 0 Å². The number of aliphatic carboxylic acids is 3. The van der Waals surface area contributed by atoms with E-state index in [4.69, 9.17) is 10.2 Å². The summed E-state index contributed by atoms with van der Waals surface area (Å²) in [4.78, 5) is 59.3. The third-order valence-electron chi connectivity index (χ3n) is 14.6. The Kier molecular flexibility index (Phi) is 48.5. The van der Waals surface area contributed by atoms with Crippen molar-refractivity contribution in [2.75, 3.05) is 0 Å². The molecule has 16 heteroatoms. The number of phenols is 6. The monoisotopic (exact) mass is 1180 g/mol. The lowest BCUT2D eigenvalue weighted by molar-refractivity contribution is -0.146. The molecular formula is C68H112N2O14. The maximum absolute atomic E-state index is 13.0. The fourth-order valence-corrected chi connectivity index (χ4v) is 9.35. The number of nitrogens with one attached hydrogen (secondary N) is 2. The summed E-state index contributed by atoms with van der Waals surface area (Å²) >= 11 is 0. The highest BCUT2D eigenvalue weighted by atomic mass is 16.4. The lowest BCUT2D eigenvalue weighted by Gasteiger charge is -2.32. The summed E-state index contributed by atoms with van der Waals surface area (Å²) in [5, 5.41) is 90.1. The van der Waals surface area contributed by atoms with E-state index in [1.54, 1.807) is 0 Å². The van der Waals surface area contributed by atoms with Gasteiger partial charge < -0.3 is 56.6 Å². The third kappa shape index (κ3) is 41.7. The minimum absolute atomic E-state index is 0.264. The predicted molar refractivity (Wildman–Crippen MR) is 337 cm³/mol. The van der Waals surface area contributed by atoms with Crippen LogP contribution in [-0.2, 0) is 14.4 Å². The Bertz CT molecular complexity index is 1990. The first-order chi connectivity index (χ1) is 40.5. The first kappa shape index (κ1) is 77.8. The molecule has 0 atom stereocenters. The van der Waals surface area contributed by atoms with Crippen LogP contribution < -0.4 is 10.6 Å². The molecule has 0 saturated carbocycles. The van der Waals surface area contributed by atoms with Gasteiger partial charge in [-0.25, -0.2) is 4.79 Å². The van der Waals surface area contributed by atoms with E-state index < -0.39 is 81.0 Å². The molecule has 16 nitrogen and oxygen atoms in total. The van der Waals surface area contributed by atoms with Crippen molar-refractivity contribution in [3.8, 4) is 34.5 Å². The van der Waals surface area contributed by atoms with Crippen molar-refractivity contribution in [2.24, 2.45) is 0 Å². The molecule has 0 bridgehead atoms. The molecule has 2 aromatic rings. The summed E-state index contributed by atoms with van der Waals surface area (Å²) in [6, 6.07) is 3.26. The Morgan fingerprint density at radius 1 is 0.345 bits per heavy atom. The molecule has 0 aliphatic carbocycles. The van der Waals surface area contributed by atoms with Crippen LogP contribution in [-0.4, -0.2) is 81.3 Å². The SMILES string of the molecule is CCCCCCCC/C=C\CCCCCCC(NC(=O)c1cc(O)c(O)c(O)c1)(NC(=O)c1cc(O)c(O)c(O)c1)C(=O)O.CCCCCCCC/C=C\CCCCCCCC(=O)O.CCCCCCCC/C=C\CCCCCCCC(=O)O. The molecule has 0 unspecified atom stereocenters. The Morgan fingerprint density at radius 3 is 0.810 bits per heavy atom. The van der Waals surface area contributed by atoms with Crippen LogP contribution in [0.2, 0.25) is 0 Å². The highest BCUT2D eigenvalue weighted by molar-refractivity contribution is 6.02. The topological polar surface area (TPSA) is 291 Å².